The van der Waals surface area contributed by atoms with Crippen LogP contribution in [0, 0.1) is 0 Å². The van der Waals surface area contributed by atoms with E-state index in [1.807, 2.05) is 12.1 Å². The van der Waals surface area contributed by atoms with Gasteiger partial charge in [-0.1, -0.05) is 48.0 Å². The number of nitrogens with one attached hydrogen (secondary N) is 3. The van der Waals surface area contributed by atoms with Gasteiger partial charge in [-0.2, -0.15) is 0 Å². The maximum Gasteiger partial charge on any atom is 0.326 e. The van der Waals surface area contributed by atoms with E-state index < -0.39 is 54.8 Å². The van der Waals surface area contributed by atoms with Gasteiger partial charge in [0.1, 0.15) is 23.6 Å². The van der Waals surface area contributed by atoms with Gasteiger partial charge in [-0.3, -0.25) is 19.2 Å². The Labute approximate surface area is 280 Å². The number of amides is 4. The van der Waals surface area contributed by atoms with Crippen LogP contribution in [0.3, 0.4) is 0 Å². The fraction of sp³-hybridized carbons (Fsp3) is 0.171. The van der Waals surface area contributed by atoms with Crippen LogP contribution in [0.4, 0.5) is 0 Å². The van der Waals surface area contributed by atoms with Gasteiger partial charge < -0.3 is 36.2 Å². The third kappa shape index (κ3) is 7.56. The minimum Gasteiger partial charge on any atom is -0.507 e. The average Bonchev–Trinajstić information content (AvgIpc) is 3.07. The van der Waals surface area contributed by atoms with E-state index in [1.54, 1.807) is 36.4 Å². The van der Waals surface area contributed by atoms with Crippen LogP contribution in [-0.2, 0) is 25.6 Å². The highest BCUT2D eigenvalue weighted by Crippen LogP contribution is 2.38. The second kappa shape index (κ2) is 14.3. The number of phenolic OH excluding ortho intramolecular Hbond substituents is 2. The zero-order valence-corrected chi connectivity index (χ0v) is 26.3. The molecule has 0 aromatic heterocycles. The number of phenols is 2. The van der Waals surface area contributed by atoms with Crippen LogP contribution in [0.15, 0.2) is 84.9 Å². The summed E-state index contributed by atoms with van der Waals surface area (Å²) in [5.74, 6) is -4.54. The summed E-state index contributed by atoms with van der Waals surface area (Å²) in [6.07, 6.45) is -0.138. The molecule has 0 fully saturated rings. The summed E-state index contributed by atoms with van der Waals surface area (Å²) in [6.45, 7) is -1.07. The predicted octanol–water partition coefficient (Wildman–Crippen LogP) is 3.26. The third-order valence-corrected chi connectivity index (χ3v) is 8.19. The van der Waals surface area contributed by atoms with E-state index in [0.29, 0.717) is 16.1 Å². The number of likely N-dealkylation sites (N-methyl/N-ethyl adjacent to an activating group) is 1. The zero-order chi connectivity index (χ0) is 34.5. The van der Waals surface area contributed by atoms with E-state index in [-0.39, 0.29) is 34.6 Å². The molecular weight excluding hydrogens is 640 g/mol. The first-order valence-corrected chi connectivity index (χ1v) is 15.1. The number of benzene rings is 4. The minimum atomic E-state index is -1.36. The Bertz CT molecular complexity index is 1900. The highest BCUT2D eigenvalue weighted by Gasteiger charge is 2.31. The van der Waals surface area contributed by atoms with Crippen molar-refractivity contribution in [2.45, 2.75) is 18.5 Å². The summed E-state index contributed by atoms with van der Waals surface area (Å²) >= 11 is 5.96. The van der Waals surface area contributed by atoms with Crippen LogP contribution < -0.4 is 16.0 Å². The van der Waals surface area contributed by atoms with Crippen molar-refractivity contribution in [3.8, 4) is 33.8 Å². The van der Waals surface area contributed by atoms with Gasteiger partial charge in [0.2, 0.25) is 17.7 Å². The molecular formula is C35H31ClN4O8. The van der Waals surface area contributed by atoms with E-state index in [0.717, 1.165) is 16.0 Å². The lowest BCUT2D eigenvalue weighted by molar-refractivity contribution is -0.142. The Morgan fingerprint density at radius 2 is 1.48 bits per heavy atom. The number of aromatic hydroxyl groups is 2. The molecule has 0 radical (unpaired) electrons. The predicted molar refractivity (Wildman–Crippen MR) is 176 cm³/mol. The van der Waals surface area contributed by atoms with E-state index in [9.17, 15) is 39.3 Å². The zero-order valence-electron chi connectivity index (χ0n) is 25.6. The molecule has 4 aromatic carbocycles. The standard InChI is InChI=1S/C35H31ClN4O8/c1-40(31(44)18-38-33(45)22-5-3-20(4-6-22)21-7-10-24(36)11-8-21)32-23-9-13-29(42)26(16-23)25-14-19(2-12-28(25)41)15-27(35(47)48)39-30(43)17-37-34(32)46/h2-14,16,27,32,41-42H,15,17-18H2,1H3,(H,37,46)(H,38,45)(H,39,43)(H,47,48). The van der Waals surface area contributed by atoms with Gasteiger partial charge in [0.15, 0.2) is 0 Å². The Morgan fingerprint density at radius 3 is 2.12 bits per heavy atom. The first-order valence-electron chi connectivity index (χ1n) is 14.8. The molecule has 246 valence electrons. The number of aliphatic carboxylic acids is 1. The second-order valence-corrected chi connectivity index (χ2v) is 11.6. The smallest absolute Gasteiger partial charge is 0.326 e. The van der Waals surface area contributed by atoms with E-state index in [4.69, 9.17) is 11.6 Å². The molecule has 2 atom stereocenters. The van der Waals surface area contributed by atoms with Gasteiger partial charge in [-0.25, -0.2) is 4.79 Å². The number of hydrogen-bond donors (Lipinski definition) is 6. The maximum absolute atomic E-state index is 13.5. The largest absolute Gasteiger partial charge is 0.507 e. The fourth-order valence-electron chi connectivity index (χ4n) is 5.34. The number of halogens is 1. The molecule has 5 rings (SSSR count). The van der Waals surface area contributed by atoms with E-state index in [2.05, 4.69) is 16.0 Å². The monoisotopic (exact) mass is 670 g/mol. The SMILES string of the molecule is CN(C(=O)CNC(=O)c1ccc(-c2ccc(Cl)cc2)cc1)C1C(=O)NCC(=O)NC(C(=O)O)Cc2ccc(O)c(c2)-c2cc1ccc2O. The number of fused-ring (bicyclic) bond motifs is 5. The number of hydrogen-bond acceptors (Lipinski definition) is 7. The first-order chi connectivity index (χ1) is 22.9. The summed E-state index contributed by atoms with van der Waals surface area (Å²) in [7, 11) is 1.34. The Hall–Kier alpha value is -5.88. The van der Waals surface area contributed by atoms with Crippen molar-refractivity contribution in [2.24, 2.45) is 0 Å². The van der Waals surface area contributed by atoms with Crippen molar-refractivity contribution in [3.05, 3.63) is 107 Å². The number of carbonyl (C=O) groups is 5. The van der Waals surface area contributed by atoms with Crippen LogP contribution in [0.5, 0.6) is 11.5 Å². The number of rotatable bonds is 6. The molecule has 1 aliphatic heterocycles. The quantitative estimate of drug-likeness (QED) is 0.180. The maximum atomic E-state index is 13.5. The topological polar surface area (TPSA) is 185 Å². The summed E-state index contributed by atoms with van der Waals surface area (Å²) in [6, 6.07) is 19.7. The van der Waals surface area contributed by atoms with Crippen LogP contribution in [-0.4, -0.2) is 76.0 Å². The first kappa shape index (κ1) is 33.5. The Balaban J connectivity index is 1.39. The number of carboxylic acids is 1. The summed E-state index contributed by atoms with van der Waals surface area (Å²) in [4.78, 5) is 65.5. The highest BCUT2D eigenvalue weighted by atomic mass is 35.5. The lowest BCUT2D eigenvalue weighted by Crippen LogP contribution is -2.49. The second-order valence-electron chi connectivity index (χ2n) is 11.2. The van der Waals surface area contributed by atoms with Gasteiger partial charge >= 0.3 is 5.97 Å². The minimum absolute atomic E-state index is 0.119. The summed E-state index contributed by atoms with van der Waals surface area (Å²) < 4.78 is 0. The van der Waals surface area contributed by atoms with Gasteiger partial charge in [0.05, 0.1) is 13.1 Å². The molecule has 4 aromatic rings. The molecule has 13 heteroatoms. The Morgan fingerprint density at radius 1 is 0.875 bits per heavy atom. The molecule has 2 unspecified atom stereocenters. The van der Waals surface area contributed by atoms with Gasteiger partial charge in [0.25, 0.3) is 5.91 Å². The molecule has 0 aliphatic carbocycles. The van der Waals surface area contributed by atoms with Gasteiger partial charge in [-0.15, -0.1) is 0 Å². The number of nitrogens with zero attached hydrogens (tertiary/aromatic N) is 1. The van der Waals surface area contributed by atoms with Crippen molar-refractivity contribution < 1.29 is 39.3 Å². The third-order valence-electron chi connectivity index (χ3n) is 7.94. The van der Waals surface area contributed by atoms with Gasteiger partial charge in [-0.05, 0) is 70.8 Å². The molecule has 4 bridgehead atoms. The van der Waals surface area contributed by atoms with Gasteiger partial charge in [0, 0.05) is 35.2 Å². The molecule has 4 amide bonds. The lowest BCUT2D eigenvalue weighted by atomic mass is 9.94. The van der Waals surface area contributed by atoms with E-state index >= 15 is 0 Å². The normalized spacial score (nSPS) is 16.1. The van der Waals surface area contributed by atoms with Crippen molar-refractivity contribution in [2.75, 3.05) is 20.1 Å². The van der Waals surface area contributed by atoms with Crippen LogP contribution in [0.25, 0.3) is 22.3 Å². The molecule has 0 saturated heterocycles. The van der Waals surface area contributed by atoms with Crippen LogP contribution in [0.2, 0.25) is 5.02 Å². The molecule has 0 spiro atoms. The summed E-state index contributed by atoms with van der Waals surface area (Å²) in [5.41, 5.74) is 3.00. The molecule has 0 saturated carbocycles. The lowest BCUT2D eigenvalue weighted by Gasteiger charge is -2.28. The Kier molecular flexibility index (Phi) is 9.95. The molecule has 48 heavy (non-hydrogen) atoms. The molecule has 1 aliphatic rings. The van der Waals surface area contributed by atoms with Crippen molar-refractivity contribution in [1.29, 1.82) is 0 Å². The molecule has 1 heterocycles. The number of carboxylic acid groups (broad SMARTS) is 1. The van der Waals surface area contributed by atoms with Crippen molar-refractivity contribution in [3.63, 3.8) is 0 Å². The molecule has 12 nitrogen and oxygen atoms in total. The fourth-order valence-corrected chi connectivity index (χ4v) is 5.47. The summed E-state index contributed by atoms with van der Waals surface area (Å²) in [5, 5.41) is 39.1. The van der Waals surface area contributed by atoms with Crippen molar-refractivity contribution in [1.82, 2.24) is 20.9 Å². The average molecular weight is 671 g/mol. The van der Waals surface area contributed by atoms with E-state index in [1.165, 1.54) is 43.4 Å². The van der Waals surface area contributed by atoms with Crippen LogP contribution in [0.1, 0.15) is 27.5 Å². The molecule has 6 N–H and O–H groups in total. The van der Waals surface area contributed by atoms with Crippen LogP contribution >= 0.6 is 11.6 Å². The van der Waals surface area contributed by atoms with Crippen molar-refractivity contribution >= 4 is 41.2 Å². The highest BCUT2D eigenvalue weighted by molar-refractivity contribution is 6.30. The number of carbonyl (C=O) groups excluding carboxylic acids is 4.